The molecule has 3 rings (SSSR count). The van der Waals surface area contributed by atoms with Crippen molar-refractivity contribution in [1.82, 2.24) is 14.9 Å². The fourth-order valence-electron chi connectivity index (χ4n) is 2.57. The van der Waals surface area contributed by atoms with Gasteiger partial charge in [-0.15, -0.1) is 0 Å². The zero-order valence-corrected chi connectivity index (χ0v) is 12.0. The Balaban J connectivity index is 1.51. The van der Waals surface area contributed by atoms with Crippen molar-refractivity contribution in [3.8, 4) is 0 Å². The van der Waals surface area contributed by atoms with Crippen molar-refractivity contribution in [1.29, 1.82) is 0 Å². The van der Waals surface area contributed by atoms with Gasteiger partial charge in [0, 0.05) is 25.1 Å². The molecule has 2 heterocycles. The van der Waals surface area contributed by atoms with Gasteiger partial charge in [-0.3, -0.25) is 0 Å². The zero-order chi connectivity index (χ0) is 13.1. The van der Waals surface area contributed by atoms with Gasteiger partial charge in [-0.2, -0.15) is 0 Å². The van der Waals surface area contributed by atoms with Gasteiger partial charge >= 0.3 is 0 Å². The van der Waals surface area contributed by atoms with Gasteiger partial charge in [0.15, 0.2) is 0 Å². The Morgan fingerprint density at radius 3 is 2.74 bits per heavy atom. The summed E-state index contributed by atoms with van der Waals surface area (Å²) in [5.74, 6) is 2.33. The normalized spacial score (nSPS) is 20.5. The summed E-state index contributed by atoms with van der Waals surface area (Å²) in [5, 5.41) is 3.93. The fraction of sp³-hybridized carbons (Fsp3) is 0.714. The molecule has 0 atom stereocenters. The fourth-order valence-corrected chi connectivity index (χ4v) is 2.76. The van der Waals surface area contributed by atoms with E-state index in [-0.39, 0.29) is 0 Å². The molecule has 1 aliphatic carbocycles. The van der Waals surface area contributed by atoms with E-state index in [1.807, 2.05) is 6.07 Å². The summed E-state index contributed by atoms with van der Waals surface area (Å²) in [7, 11) is 0. The maximum Gasteiger partial charge on any atom is 0.135 e. The summed E-state index contributed by atoms with van der Waals surface area (Å²) in [4.78, 5) is 11.4. The predicted molar refractivity (Wildman–Crippen MR) is 77.8 cm³/mol. The molecule has 104 valence electrons. The highest BCUT2D eigenvalue weighted by molar-refractivity contribution is 6.29. The highest BCUT2D eigenvalue weighted by atomic mass is 35.5. The molecule has 2 fully saturated rings. The molecule has 1 saturated carbocycles. The molecule has 0 spiro atoms. The van der Waals surface area contributed by atoms with Crippen molar-refractivity contribution in [2.75, 3.05) is 31.5 Å². The molecule has 2 aliphatic rings. The number of hydrogen-bond acceptors (Lipinski definition) is 4. The first-order valence-corrected chi connectivity index (χ1v) is 7.70. The molecule has 1 aliphatic heterocycles. The lowest BCUT2D eigenvalue weighted by Gasteiger charge is -2.26. The van der Waals surface area contributed by atoms with Crippen LogP contribution in [0.2, 0.25) is 5.15 Å². The topological polar surface area (TPSA) is 41.0 Å². The van der Waals surface area contributed by atoms with Gasteiger partial charge in [-0.1, -0.05) is 18.0 Å². The number of piperidine rings is 1. The van der Waals surface area contributed by atoms with Crippen LogP contribution in [0.15, 0.2) is 6.07 Å². The molecule has 0 bridgehead atoms. The molecule has 0 unspecified atom stereocenters. The summed E-state index contributed by atoms with van der Waals surface area (Å²) in [6, 6.07) is 1.82. The molecule has 0 aromatic carbocycles. The number of rotatable bonds is 5. The molecule has 4 nitrogen and oxygen atoms in total. The standard InChI is InChI=1S/C14H21ClN4/c15-12-10-13(18-14(17-12)11-4-5-11)16-6-9-19-7-2-1-3-8-19/h10-11H,1-9H2,(H,16,17,18). The maximum atomic E-state index is 6.05. The van der Waals surface area contributed by atoms with E-state index >= 15 is 0 Å². The number of aromatic nitrogens is 2. The first kappa shape index (κ1) is 13.1. The number of halogens is 1. The van der Waals surface area contributed by atoms with Crippen molar-refractivity contribution in [2.45, 2.75) is 38.0 Å². The van der Waals surface area contributed by atoms with Gasteiger partial charge in [0.25, 0.3) is 0 Å². The Hall–Kier alpha value is -0.870. The molecule has 0 radical (unpaired) electrons. The van der Waals surface area contributed by atoms with E-state index in [0.29, 0.717) is 11.1 Å². The van der Waals surface area contributed by atoms with Gasteiger partial charge in [0.1, 0.15) is 16.8 Å². The molecule has 1 saturated heterocycles. The largest absolute Gasteiger partial charge is 0.369 e. The van der Waals surface area contributed by atoms with Gasteiger partial charge in [0.05, 0.1) is 0 Å². The highest BCUT2D eigenvalue weighted by Gasteiger charge is 2.27. The van der Waals surface area contributed by atoms with Gasteiger partial charge in [-0.25, -0.2) is 9.97 Å². The van der Waals surface area contributed by atoms with Crippen LogP contribution in [0.1, 0.15) is 43.8 Å². The second-order valence-electron chi connectivity index (χ2n) is 5.54. The van der Waals surface area contributed by atoms with Gasteiger partial charge < -0.3 is 10.2 Å². The molecule has 5 heteroatoms. The molecule has 0 amide bonds. The van der Waals surface area contributed by atoms with Crippen molar-refractivity contribution in [3.63, 3.8) is 0 Å². The van der Waals surface area contributed by atoms with E-state index in [9.17, 15) is 0 Å². The SMILES string of the molecule is Clc1cc(NCCN2CCCCC2)nc(C2CC2)n1. The number of nitrogens with zero attached hydrogens (tertiary/aromatic N) is 3. The van der Waals surface area contributed by atoms with Crippen molar-refractivity contribution in [3.05, 3.63) is 17.0 Å². The maximum absolute atomic E-state index is 6.05. The second-order valence-corrected chi connectivity index (χ2v) is 5.92. The quantitative estimate of drug-likeness (QED) is 0.842. The van der Waals surface area contributed by atoms with Crippen LogP contribution in [0, 0.1) is 0 Å². The Bertz CT molecular complexity index is 427. The summed E-state index contributed by atoms with van der Waals surface area (Å²) >= 11 is 6.05. The zero-order valence-electron chi connectivity index (χ0n) is 11.2. The van der Waals surface area contributed by atoms with E-state index in [0.717, 1.165) is 24.7 Å². The first-order chi connectivity index (χ1) is 9.31. The van der Waals surface area contributed by atoms with Gasteiger partial charge in [-0.05, 0) is 38.8 Å². The van der Waals surface area contributed by atoms with Crippen LogP contribution in [0.3, 0.4) is 0 Å². The summed E-state index contributed by atoms with van der Waals surface area (Å²) in [6.07, 6.45) is 6.47. The van der Waals surface area contributed by atoms with Crippen LogP contribution in [-0.2, 0) is 0 Å². The lowest BCUT2D eigenvalue weighted by molar-refractivity contribution is 0.237. The average Bonchev–Trinajstić information content (AvgIpc) is 3.24. The molecular formula is C14H21ClN4. The number of nitrogens with one attached hydrogen (secondary N) is 1. The Labute approximate surface area is 119 Å². The lowest BCUT2D eigenvalue weighted by Crippen LogP contribution is -2.33. The van der Waals surface area contributed by atoms with E-state index in [1.165, 1.54) is 45.2 Å². The monoisotopic (exact) mass is 280 g/mol. The Morgan fingerprint density at radius 1 is 1.21 bits per heavy atom. The minimum absolute atomic E-state index is 0.543. The summed E-state index contributed by atoms with van der Waals surface area (Å²) < 4.78 is 0. The number of anilines is 1. The van der Waals surface area contributed by atoms with E-state index < -0.39 is 0 Å². The minimum Gasteiger partial charge on any atom is -0.369 e. The lowest BCUT2D eigenvalue weighted by atomic mass is 10.1. The highest BCUT2D eigenvalue weighted by Crippen LogP contribution is 2.38. The minimum atomic E-state index is 0.543. The molecule has 19 heavy (non-hydrogen) atoms. The molecule has 1 aromatic heterocycles. The summed E-state index contributed by atoms with van der Waals surface area (Å²) in [5.41, 5.74) is 0. The average molecular weight is 281 g/mol. The third-order valence-corrected chi connectivity index (χ3v) is 4.03. The molecule has 1 aromatic rings. The van der Waals surface area contributed by atoms with Crippen LogP contribution in [0.25, 0.3) is 0 Å². The molecule has 1 N–H and O–H groups in total. The molecular weight excluding hydrogens is 260 g/mol. The van der Waals surface area contributed by atoms with Crippen LogP contribution >= 0.6 is 11.6 Å². The second kappa shape index (κ2) is 6.06. The van der Waals surface area contributed by atoms with Crippen molar-refractivity contribution >= 4 is 17.4 Å². The van der Waals surface area contributed by atoms with E-state index in [4.69, 9.17) is 11.6 Å². The van der Waals surface area contributed by atoms with Crippen LogP contribution in [-0.4, -0.2) is 41.0 Å². The third-order valence-electron chi connectivity index (χ3n) is 3.84. The number of hydrogen-bond donors (Lipinski definition) is 1. The third kappa shape index (κ3) is 3.80. The van der Waals surface area contributed by atoms with E-state index in [1.54, 1.807) is 0 Å². The van der Waals surface area contributed by atoms with Gasteiger partial charge in [0.2, 0.25) is 0 Å². The van der Waals surface area contributed by atoms with Crippen molar-refractivity contribution < 1.29 is 0 Å². The predicted octanol–water partition coefficient (Wildman–Crippen LogP) is 2.91. The van der Waals surface area contributed by atoms with Crippen molar-refractivity contribution in [2.24, 2.45) is 0 Å². The Morgan fingerprint density at radius 2 is 2.00 bits per heavy atom. The van der Waals surface area contributed by atoms with Crippen LogP contribution in [0.4, 0.5) is 5.82 Å². The van der Waals surface area contributed by atoms with E-state index in [2.05, 4.69) is 20.2 Å². The first-order valence-electron chi connectivity index (χ1n) is 7.32. The smallest absolute Gasteiger partial charge is 0.135 e. The Kier molecular flexibility index (Phi) is 4.18. The van der Waals surface area contributed by atoms with Crippen LogP contribution in [0.5, 0.6) is 0 Å². The number of likely N-dealkylation sites (tertiary alicyclic amines) is 1. The van der Waals surface area contributed by atoms with Crippen LogP contribution < -0.4 is 5.32 Å². The summed E-state index contributed by atoms with van der Waals surface area (Å²) in [6.45, 7) is 4.48.